The zero-order valence-corrected chi connectivity index (χ0v) is 12.2. The number of rotatable bonds is 3. The van der Waals surface area contributed by atoms with Crippen LogP contribution in [-0.2, 0) is 4.79 Å². The lowest BCUT2D eigenvalue weighted by Gasteiger charge is -2.25. The minimum absolute atomic E-state index is 0.0674. The quantitative estimate of drug-likeness (QED) is 0.898. The summed E-state index contributed by atoms with van der Waals surface area (Å²) in [5.74, 6) is 0.0674. The monoisotopic (exact) mass is 289 g/mol. The summed E-state index contributed by atoms with van der Waals surface area (Å²) < 4.78 is 0. The first-order valence-electron chi connectivity index (χ1n) is 7.07. The number of amides is 1. The second-order valence-electron chi connectivity index (χ2n) is 5.14. The minimum Gasteiger partial charge on any atom is -0.348 e. The number of nitrogens with one attached hydrogen (secondary N) is 2. The molecule has 1 aromatic rings. The van der Waals surface area contributed by atoms with Crippen molar-refractivity contribution in [2.75, 3.05) is 25.0 Å². The molecule has 0 spiro atoms. The number of thioether (sulfide) groups is 1. The average Bonchev–Trinajstić information content (AvgIpc) is 2.89. The molecule has 1 fully saturated rings. The molecule has 0 aliphatic carbocycles. The number of carbonyl (C=O) groups is 1. The van der Waals surface area contributed by atoms with Crippen LogP contribution in [0.3, 0.4) is 0 Å². The summed E-state index contributed by atoms with van der Waals surface area (Å²) in [6.45, 7) is 2.59. The molecular weight excluding hydrogens is 270 g/mol. The molecule has 1 saturated heterocycles. The van der Waals surface area contributed by atoms with E-state index in [2.05, 4.69) is 21.6 Å². The highest BCUT2D eigenvalue weighted by atomic mass is 32.2. The van der Waals surface area contributed by atoms with E-state index in [9.17, 15) is 4.79 Å². The van der Waals surface area contributed by atoms with Gasteiger partial charge in [-0.05, 0) is 38.1 Å². The van der Waals surface area contributed by atoms with Gasteiger partial charge < -0.3 is 10.6 Å². The zero-order valence-electron chi connectivity index (χ0n) is 11.4. The summed E-state index contributed by atoms with van der Waals surface area (Å²) in [4.78, 5) is 15.3. The van der Waals surface area contributed by atoms with E-state index < -0.39 is 0 Å². The van der Waals surface area contributed by atoms with Gasteiger partial charge in [-0.2, -0.15) is 0 Å². The van der Waals surface area contributed by atoms with Crippen molar-refractivity contribution in [2.24, 2.45) is 0 Å². The Hall–Kier alpha value is -1.46. The highest BCUT2D eigenvalue weighted by Gasteiger charge is 2.16. The van der Waals surface area contributed by atoms with Crippen molar-refractivity contribution >= 4 is 23.4 Å². The highest BCUT2D eigenvalue weighted by molar-refractivity contribution is 8.03. The maximum absolute atomic E-state index is 11.9. The molecule has 0 atom stereocenters. The number of benzene rings is 1. The minimum atomic E-state index is 0.0674. The van der Waals surface area contributed by atoms with E-state index in [0.29, 0.717) is 6.54 Å². The Bertz CT molecular complexity index is 497. The molecule has 2 aliphatic heterocycles. The molecule has 0 unspecified atom stereocenters. The van der Waals surface area contributed by atoms with E-state index in [1.54, 1.807) is 18.0 Å². The van der Waals surface area contributed by atoms with Crippen molar-refractivity contribution in [3.63, 3.8) is 0 Å². The molecule has 2 aliphatic rings. The van der Waals surface area contributed by atoms with Crippen LogP contribution in [0.1, 0.15) is 19.3 Å². The number of nitrogens with zero attached hydrogens (tertiary/aromatic N) is 1. The third-order valence-corrected chi connectivity index (χ3v) is 4.56. The third-order valence-electron chi connectivity index (χ3n) is 3.54. The number of anilines is 1. The highest BCUT2D eigenvalue weighted by Crippen LogP contribution is 2.39. The lowest BCUT2D eigenvalue weighted by atomic mass is 10.1. The Morgan fingerprint density at radius 1 is 1.30 bits per heavy atom. The van der Waals surface area contributed by atoms with Crippen LogP contribution in [0.2, 0.25) is 0 Å². The smallest absolute Gasteiger partial charge is 0.238 e. The molecule has 4 nitrogen and oxygen atoms in total. The van der Waals surface area contributed by atoms with Crippen LogP contribution in [0.5, 0.6) is 0 Å². The van der Waals surface area contributed by atoms with Crippen LogP contribution in [-0.4, -0.2) is 30.4 Å². The summed E-state index contributed by atoms with van der Waals surface area (Å²) in [7, 11) is 0. The fraction of sp³-hybridized carbons (Fsp3) is 0.400. The third kappa shape index (κ3) is 3.35. The van der Waals surface area contributed by atoms with Gasteiger partial charge in [0.05, 0.1) is 17.3 Å². The Morgan fingerprint density at radius 3 is 2.90 bits per heavy atom. The molecule has 2 N–H and O–H groups in total. The molecule has 0 bridgehead atoms. The molecule has 0 saturated carbocycles. The van der Waals surface area contributed by atoms with Gasteiger partial charge in [-0.3, -0.25) is 9.69 Å². The van der Waals surface area contributed by atoms with E-state index in [0.717, 1.165) is 23.8 Å². The summed E-state index contributed by atoms with van der Waals surface area (Å²) in [6.07, 6.45) is 5.49. The molecule has 0 radical (unpaired) electrons. The number of piperidine rings is 1. The van der Waals surface area contributed by atoms with Crippen LogP contribution in [0.15, 0.2) is 40.4 Å². The van der Waals surface area contributed by atoms with E-state index in [4.69, 9.17) is 0 Å². The largest absolute Gasteiger partial charge is 0.348 e. The van der Waals surface area contributed by atoms with Gasteiger partial charge in [0.15, 0.2) is 0 Å². The van der Waals surface area contributed by atoms with Crippen LogP contribution in [0.4, 0.5) is 5.69 Å². The van der Waals surface area contributed by atoms with E-state index in [1.807, 2.05) is 18.2 Å². The molecule has 0 aromatic heterocycles. The predicted octanol–water partition coefficient (Wildman–Crippen LogP) is 2.61. The maximum Gasteiger partial charge on any atom is 0.238 e. The van der Waals surface area contributed by atoms with Crippen LogP contribution >= 0.6 is 11.8 Å². The Balaban J connectivity index is 1.50. The van der Waals surface area contributed by atoms with Crippen molar-refractivity contribution < 1.29 is 4.79 Å². The second kappa shape index (κ2) is 6.33. The van der Waals surface area contributed by atoms with E-state index >= 15 is 0 Å². The fourth-order valence-corrected chi connectivity index (χ4v) is 3.40. The topological polar surface area (TPSA) is 44.4 Å². The molecular formula is C15H19N3OS. The fourth-order valence-electron chi connectivity index (χ4n) is 2.51. The van der Waals surface area contributed by atoms with Gasteiger partial charge in [0.25, 0.3) is 0 Å². The zero-order chi connectivity index (χ0) is 13.8. The SMILES string of the molecule is O=C(CN1CCCCC1)NC=C1Nc2ccccc2S1. The summed E-state index contributed by atoms with van der Waals surface area (Å²) >= 11 is 1.65. The van der Waals surface area contributed by atoms with Gasteiger partial charge in [0, 0.05) is 11.1 Å². The van der Waals surface area contributed by atoms with Crippen LogP contribution in [0, 0.1) is 0 Å². The van der Waals surface area contributed by atoms with Gasteiger partial charge in [-0.1, -0.05) is 30.3 Å². The lowest BCUT2D eigenvalue weighted by Crippen LogP contribution is -2.38. The molecule has 1 amide bonds. The van der Waals surface area contributed by atoms with E-state index in [-0.39, 0.29) is 5.91 Å². The Morgan fingerprint density at radius 2 is 2.10 bits per heavy atom. The Labute approximate surface area is 123 Å². The molecule has 3 rings (SSSR count). The van der Waals surface area contributed by atoms with Gasteiger partial charge in [-0.15, -0.1) is 0 Å². The molecule has 20 heavy (non-hydrogen) atoms. The summed E-state index contributed by atoms with van der Waals surface area (Å²) in [6, 6.07) is 8.14. The van der Waals surface area contributed by atoms with Gasteiger partial charge in [0.2, 0.25) is 5.91 Å². The normalized spacial score (nSPS) is 20.5. The number of hydrogen-bond acceptors (Lipinski definition) is 4. The van der Waals surface area contributed by atoms with Gasteiger partial charge in [0.1, 0.15) is 0 Å². The lowest BCUT2D eigenvalue weighted by molar-refractivity contribution is -0.121. The number of fused-ring (bicyclic) bond motifs is 1. The van der Waals surface area contributed by atoms with Crippen molar-refractivity contribution in [3.8, 4) is 0 Å². The number of carbonyl (C=O) groups excluding carboxylic acids is 1. The van der Waals surface area contributed by atoms with Crippen LogP contribution < -0.4 is 10.6 Å². The molecule has 2 heterocycles. The van der Waals surface area contributed by atoms with Crippen molar-refractivity contribution in [1.29, 1.82) is 0 Å². The predicted molar refractivity (Wildman–Crippen MR) is 82.4 cm³/mol. The molecule has 106 valence electrons. The number of para-hydroxylation sites is 1. The number of likely N-dealkylation sites (tertiary alicyclic amines) is 1. The van der Waals surface area contributed by atoms with Crippen LogP contribution in [0.25, 0.3) is 0 Å². The maximum atomic E-state index is 11.9. The van der Waals surface area contributed by atoms with Crippen molar-refractivity contribution in [1.82, 2.24) is 10.2 Å². The standard InChI is InChI=1S/C15H19N3OS/c19-14(11-18-8-4-1-5-9-18)16-10-15-17-12-6-2-3-7-13(12)20-15/h2-3,6-7,10,17H,1,4-5,8-9,11H2,(H,16,19). The van der Waals surface area contributed by atoms with Gasteiger partial charge >= 0.3 is 0 Å². The molecule has 1 aromatic carbocycles. The Kier molecular flexibility index (Phi) is 4.28. The van der Waals surface area contributed by atoms with Gasteiger partial charge in [-0.25, -0.2) is 0 Å². The summed E-state index contributed by atoms with van der Waals surface area (Å²) in [5, 5.41) is 7.14. The van der Waals surface area contributed by atoms with Crippen molar-refractivity contribution in [3.05, 3.63) is 35.5 Å². The molecule has 5 heteroatoms. The first kappa shape index (κ1) is 13.5. The first-order chi connectivity index (χ1) is 9.81. The number of hydrogen-bond donors (Lipinski definition) is 2. The van der Waals surface area contributed by atoms with Crippen molar-refractivity contribution in [2.45, 2.75) is 24.2 Å². The summed E-state index contributed by atoms with van der Waals surface area (Å²) in [5.41, 5.74) is 1.11. The first-order valence-corrected chi connectivity index (χ1v) is 7.89. The van der Waals surface area contributed by atoms with E-state index in [1.165, 1.54) is 24.2 Å². The average molecular weight is 289 g/mol. The second-order valence-corrected chi connectivity index (χ2v) is 6.22.